The molecule has 0 radical (unpaired) electrons. The molecule has 0 aliphatic rings. The molecular formula is C25H42N2O4S2. The topological polar surface area (TPSA) is 76.7 Å². The minimum absolute atomic E-state index is 0.00536. The normalized spacial score (nSPS) is 13.5. The van der Waals surface area contributed by atoms with Crippen molar-refractivity contribution in [1.29, 1.82) is 0 Å². The minimum atomic E-state index is -0.481. The Bertz CT molecular complexity index is 705. The Balaban J connectivity index is 2.34. The highest BCUT2D eigenvalue weighted by Gasteiger charge is 2.22. The number of rotatable bonds is 15. The van der Waals surface area contributed by atoms with Crippen LogP contribution in [0.1, 0.15) is 59.9 Å². The van der Waals surface area contributed by atoms with Crippen LogP contribution in [0, 0.1) is 11.3 Å². The van der Waals surface area contributed by atoms with Crippen molar-refractivity contribution in [3.05, 3.63) is 29.8 Å². The van der Waals surface area contributed by atoms with E-state index in [1.807, 2.05) is 31.2 Å². The summed E-state index contributed by atoms with van der Waals surface area (Å²) in [6, 6.07) is 7.72. The molecule has 8 heteroatoms. The highest BCUT2D eigenvalue weighted by atomic mass is 33.1. The van der Waals surface area contributed by atoms with E-state index < -0.39 is 6.10 Å². The number of nitrogens with one attached hydrogen (secondary N) is 2. The lowest BCUT2D eigenvalue weighted by molar-refractivity contribution is -0.135. The smallest absolute Gasteiger partial charge is 0.249 e. The van der Waals surface area contributed by atoms with Gasteiger partial charge in [-0.15, -0.1) is 0 Å². The molecule has 1 aromatic carbocycles. The van der Waals surface area contributed by atoms with Gasteiger partial charge < -0.3 is 20.1 Å². The van der Waals surface area contributed by atoms with Gasteiger partial charge in [0.15, 0.2) is 0 Å². The number of ether oxygens (including phenoxy) is 2. The zero-order valence-corrected chi connectivity index (χ0v) is 22.9. The van der Waals surface area contributed by atoms with E-state index in [-0.39, 0.29) is 23.3 Å². The molecule has 188 valence electrons. The van der Waals surface area contributed by atoms with Gasteiger partial charge >= 0.3 is 0 Å². The van der Waals surface area contributed by atoms with E-state index in [1.165, 1.54) is 0 Å². The summed E-state index contributed by atoms with van der Waals surface area (Å²) in [5.41, 5.74) is 1.01. The minimum Gasteiger partial charge on any atom is -0.497 e. The van der Waals surface area contributed by atoms with Crippen molar-refractivity contribution < 1.29 is 19.1 Å². The van der Waals surface area contributed by atoms with Crippen molar-refractivity contribution in [3.63, 3.8) is 0 Å². The Morgan fingerprint density at radius 3 is 2.30 bits per heavy atom. The average molecular weight is 499 g/mol. The highest BCUT2D eigenvalue weighted by Crippen LogP contribution is 2.22. The van der Waals surface area contributed by atoms with Crippen molar-refractivity contribution in [1.82, 2.24) is 10.6 Å². The van der Waals surface area contributed by atoms with E-state index in [4.69, 9.17) is 9.47 Å². The van der Waals surface area contributed by atoms with Gasteiger partial charge in [0.1, 0.15) is 11.9 Å². The molecule has 1 rings (SSSR count). The monoisotopic (exact) mass is 498 g/mol. The Labute approximate surface area is 208 Å². The van der Waals surface area contributed by atoms with Crippen LogP contribution in [0.2, 0.25) is 0 Å². The van der Waals surface area contributed by atoms with Crippen molar-refractivity contribution in [2.45, 2.75) is 73.1 Å². The summed E-state index contributed by atoms with van der Waals surface area (Å²) in [4.78, 5) is 24.7. The van der Waals surface area contributed by atoms with Gasteiger partial charge in [0.05, 0.1) is 13.7 Å². The van der Waals surface area contributed by atoms with Gasteiger partial charge in [-0.2, -0.15) is 0 Å². The summed E-state index contributed by atoms with van der Waals surface area (Å²) in [6.07, 6.45) is 0.724. The molecule has 1 aromatic rings. The van der Waals surface area contributed by atoms with Gasteiger partial charge in [-0.1, -0.05) is 68.3 Å². The summed E-state index contributed by atoms with van der Waals surface area (Å²) in [6.45, 7) is 13.4. The fourth-order valence-corrected chi connectivity index (χ4v) is 5.15. The van der Waals surface area contributed by atoms with E-state index in [2.05, 4.69) is 45.3 Å². The van der Waals surface area contributed by atoms with Gasteiger partial charge in [-0.3, -0.25) is 9.59 Å². The third-order valence-corrected chi connectivity index (χ3v) is 7.16. The average Bonchev–Trinajstić information content (AvgIpc) is 2.72. The van der Waals surface area contributed by atoms with Crippen LogP contribution in [0.4, 0.5) is 0 Å². The van der Waals surface area contributed by atoms with Crippen LogP contribution in [0.15, 0.2) is 24.3 Å². The molecule has 0 spiro atoms. The molecule has 2 atom stereocenters. The van der Waals surface area contributed by atoms with Crippen LogP contribution in [0.3, 0.4) is 0 Å². The first-order valence-electron chi connectivity index (χ1n) is 11.6. The molecule has 0 saturated carbocycles. The first-order chi connectivity index (χ1) is 15.5. The van der Waals surface area contributed by atoms with Crippen molar-refractivity contribution in [2.75, 3.05) is 25.2 Å². The molecule has 0 fully saturated rings. The molecule has 2 amide bonds. The Kier molecular flexibility index (Phi) is 13.9. The molecular weight excluding hydrogens is 456 g/mol. The third-order valence-electron chi connectivity index (χ3n) is 4.58. The summed E-state index contributed by atoms with van der Waals surface area (Å²) in [7, 11) is 5.05. The van der Waals surface area contributed by atoms with E-state index in [1.54, 1.807) is 28.7 Å². The Morgan fingerprint density at radius 1 is 1.06 bits per heavy atom. The van der Waals surface area contributed by atoms with Crippen LogP contribution in [-0.2, 0) is 20.9 Å². The fourth-order valence-electron chi connectivity index (χ4n) is 2.96. The van der Waals surface area contributed by atoms with Crippen LogP contribution < -0.4 is 15.4 Å². The number of hydrogen-bond acceptors (Lipinski definition) is 6. The van der Waals surface area contributed by atoms with Crippen molar-refractivity contribution in [2.24, 2.45) is 11.3 Å². The predicted molar refractivity (Wildman–Crippen MR) is 141 cm³/mol. The van der Waals surface area contributed by atoms with Crippen LogP contribution >= 0.6 is 21.6 Å². The first kappa shape index (κ1) is 29.7. The van der Waals surface area contributed by atoms with Crippen molar-refractivity contribution in [3.8, 4) is 5.75 Å². The summed E-state index contributed by atoms with van der Waals surface area (Å²) < 4.78 is 11.2. The molecule has 0 bridgehead atoms. The first-order valence-corrected chi connectivity index (χ1v) is 14.0. The molecule has 6 nitrogen and oxygen atoms in total. The largest absolute Gasteiger partial charge is 0.497 e. The molecule has 33 heavy (non-hydrogen) atoms. The number of carbonyl (C=O) groups is 2. The number of benzene rings is 1. The molecule has 0 heterocycles. The Morgan fingerprint density at radius 2 is 1.73 bits per heavy atom. The lowest BCUT2D eigenvalue weighted by Gasteiger charge is -2.22. The summed E-state index contributed by atoms with van der Waals surface area (Å²) in [5.74, 6) is 2.81. The number of amides is 2. The maximum absolute atomic E-state index is 12.8. The van der Waals surface area contributed by atoms with Crippen LogP contribution in [0.25, 0.3) is 0 Å². The summed E-state index contributed by atoms with van der Waals surface area (Å²) >= 11 is 0. The second kappa shape index (κ2) is 15.5. The number of carbonyl (C=O) groups excluding carboxylic acids is 2. The number of methoxy groups -OCH3 is 1. The molecule has 0 aliphatic carbocycles. The summed E-state index contributed by atoms with van der Waals surface area (Å²) in [5, 5.41) is 6.05. The van der Waals surface area contributed by atoms with E-state index in [0.717, 1.165) is 22.8 Å². The van der Waals surface area contributed by atoms with Gasteiger partial charge in [0.25, 0.3) is 0 Å². The van der Waals surface area contributed by atoms with Gasteiger partial charge in [0.2, 0.25) is 11.8 Å². The standard InChI is InChI=1S/C25H42N2O4S2/c1-18(2)14-22(31-16-20-8-10-21(30-7)11-9-20)24(29)27-19(3)17-33-32-13-12-26-23(28)15-25(4,5)6/h8-11,18-19,22H,12-17H2,1-7H3,(H,26,28)(H,27,29)/t19-,22+/m1/s1. The fraction of sp³-hybridized carbons (Fsp3) is 0.680. The molecule has 0 aromatic heterocycles. The van der Waals surface area contributed by atoms with Crippen LogP contribution in [-0.4, -0.2) is 49.1 Å². The molecule has 0 aliphatic heterocycles. The molecule has 0 saturated heterocycles. The SMILES string of the molecule is COc1ccc(CO[C@@H](CC(C)C)C(=O)N[C@H](C)CSSCCNC(=O)CC(C)(C)C)cc1. The maximum atomic E-state index is 12.8. The molecule has 2 N–H and O–H groups in total. The van der Waals surface area contributed by atoms with Gasteiger partial charge in [-0.25, -0.2) is 0 Å². The van der Waals surface area contributed by atoms with E-state index in [0.29, 0.717) is 31.9 Å². The predicted octanol–water partition coefficient (Wildman–Crippen LogP) is 5.07. The lowest BCUT2D eigenvalue weighted by atomic mass is 9.92. The Hall–Kier alpha value is -1.38. The third kappa shape index (κ3) is 14.5. The van der Waals surface area contributed by atoms with E-state index in [9.17, 15) is 9.59 Å². The zero-order chi connectivity index (χ0) is 24.9. The number of hydrogen-bond donors (Lipinski definition) is 2. The zero-order valence-electron chi connectivity index (χ0n) is 21.2. The molecule has 0 unspecified atom stereocenters. The second-order valence-electron chi connectivity index (χ2n) is 9.88. The quantitative estimate of drug-likeness (QED) is 0.260. The lowest BCUT2D eigenvalue weighted by Crippen LogP contribution is -2.42. The maximum Gasteiger partial charge on any atom is 0.249 e. The second-order valence-corrected chi connectivity index (χ2v) is 12.5. The van der Waals surface area contributed by atoms with Gasteiger partial charge in [0, 0.05) is 30.5 Å². The van der Waals surface area contributed by atoms with Crippen molar-refractivity contribution >= 4 is 33.4 Å². The van der Waals surface area contributed by atoms with Crippen LogP contribution in [0.5, 0.6) is 5.75 Å². The van der Waals surface area contributed by atoms with Gasteiger partial charge in [-0.05, 0) is 42.4 Å². The van der Waals surface area contributed by atoms with E-state index >= 15 is 0 Å². The highest BCUT2D eigenvalue weighted by molar-refractivity contribution is 8.76.